The van der Waals surface area contributed by atoms with Crippen LogP contribution in [0.25, 0.3) is 11.5 Å². The van der Waals surface area contributed by atoms with Crippen LogP contribution in [0, 0.1) is 0 Å². The van der Waals surface area contributed by atoms with Crippen molar-refractivity contribution in [1.82, 2.24) is 10.2 Å². The van der Waals surface area contributed by atoms with E-state index in [-0.39, 0.29) is 5.35 Å². The highest BCUT2D eigenvalue weighted by atomic mass is 35.5. The van der Waals surface area contributed by atoms with E-state index in [1.807, 2.05) is 24.3 Å². The summed E-state index contributed by atoms with van der Waals surface area (Å²) < 4.78 is 5.16. The molecule has 1 aromatic heterocycles. The molecule has 72 valence electrons. The first-order valence-corrected chi connectivity index (χ1v) is 4.76. The fourth-order valence-electron chi connectivity index (χ4n) is 1.35. The van der Waals surface area contributed by atoms with E-state index in [9.17, 15) is 0 Å². The topological polar surface area (TPSA) is 38.9 Å². The first kappa shape index (κ1) is 9.21. The largest absolute Gasteiger partial charge is 0.407 e. The minimum absolute atomic E-state index is 0.0749. The third kappa shape index (κ3) is 1.63. The normalized spacial score (nSPS) is 10.4. The smallest absolute Gasteiger partial charge is 0.313 e. The second kappa shape index (κ2) is 3.80. The zero-order valence-electron chi connectivity index (χ0n) is 7.70. The van der Waals surface area contributed by atoms with Crippen molar-refractivity contribution in [2.24, 2.45) is 0 Å². The lowest BCUT2D eigenvalue weighted by Crippen LogP contribution is -1.86. The van der Waals surface area contributed by atoms with E-state index in [2.05, 4.69) is 17.1 Å². The number of aromatic nitrogens is 2. The van der Waals surface area contributed by atoms with Crippen molar-refractivity contribution in [2.75, 3.05) is 0 Å². The van der Waals surface area contributed by atoms with Crippen LogP contribution in [0.2, 0.25) is 5.35 Å². The van der Waals surface area contributed by atoms with E-state index in [0.29, 0.717) is 5.89 Å². The molecule has 0 bridgehead atoms. The summed E-state index contributed by atoms with van der Waals surface area (Å²) >= 11 is 5.57. The molecule has 0 saturated carbocycles. The van der Waals surface area contributed by atoms with Gasteiger partial charge in [-0.2, -0.15) is 0 Å². The van der Waals surface area contributed by atoms with Gasteiger partial charge >= 0.3 is 5.35 Å². The van der Waals surface area contributed by atoms with Crippen LogP contribution in [-0.2, 0) is 6.42 Å². The molecule has 4 heteroatoms. The van der Waals surface area contributed by atoms with E-state index in [4.69, 9.17) is 16.0 Å². The molecule has 0 amide bonds. The van der Waals surface area contributed by atoms with E-state index >= 15 is 0 Å². The van der Waals surface area contributed by atoms with Crippen molar-refractivity contribution in [3.05, 3.63) is 35.2 Å². The lowest BCUT2D eigenvalue weighted by atomic mass is 10.1. The summed E-state index contributed by atoms with van der Waals surface area (Å²) in [6, 6.07) is 7.91. The van der Waals surface area contributed by atoms with Crippen LogP contribution in [0.5, 0.6) is 0 Å². The molecule has 0 saturated heterocycles. The number of hydrogen-bond donors (Lipinski definition) is 0. The number of halogens is 1. The van der Waals surface area contributed by atoms with Crippen LogP contribution in [0.15, 0.2) is 28.7 Å². The minimum atomic E-state index is 0.0749. The summed E-state index contributed by atoms with van der Waals surface area (Å²) in [7, 11) is 0. The predicted octanol–water partition coefficient (Wildman–Crippen LogP) is 2.95. The molecule has 2 aromatic rings. The van der Waals surface area contributed by atoms with Crippen molar-refractivity contribution in [2.45, 2.75) is 13.3 Å². The van der Waals surface area contributed by atoms with Gasteiger partial charge in [-0.25, -0.2) is 0 Å². The average molecular weight is 209 g/mol. The van der Waals surface area contributed by atoms with Crippen LogP contribution in [0.4, 0.5) is 0 Å². The van der Waals surface area contributed by atoms with Crippen LogP contribution in [-0.4, -0.2) is 10.2 Å². The first-order chi connectivity index (χ1) is 6.81. The van der Waals surface area contributed by atoms with Gasteiger partial charge in [-0.3, -0.25) is 0 Å². The number of nitrogens with zero attached hydrogens (tertiary/aromatic N) is 2. The molecule has 0 aliphatic carbocycles. The molecular weight excluding hydrogens is 200 g/mol. The molecule has 0 aliphatic heterocycles. The maximum atomic E-state index is 5.57. The Bertz CT molecular complexity index is 439. The molecule has 0 unspecified atom stereocenters. The molecule has 0 N–H and O–H groups in total. The highest BCUT2D eigenvalue weighted by Gasteiger charge is 2.09. The number of hydrogen-bond acceptors (Lipinski definition) is 3. The molecular formula is C10H9ClN2O. The van der Waals surface area contributed by atoms with E-state index in [1.165, 1.54) is 5.56 Å². The summed E-state index contributed by atoms with van der Waals surface area (Å²) in [4.78, 5) is 0. The molecule has 1 aromatic carbocycles. The highest BCUT2D eigenvalue weighted by Crippen LogP contribution is 2.23. The van der Waals surface area contributed by atoms with Gasteiger partial charge in [0.25, 0.3) is 0 Å². The van der Waals surface area contributed by atoms with Crippen molar-refractivity contribution in [1.29, 1.82) is 0 Å². The maximum absolute atomic E-state index is 5.57. The highest BCUT2D eigenvalue weighted by molar-refractivity contribution is 6.27. The van der Waals surface area contributed by atoms with Gasteiger partial charge in [0, 0.05) is 5.56 Å². The second-order valence-corrected chi connectivity index (χ2v) is 3.19. The monoisotopic (exact) mass is 208 g/mol. The zero-order valence-corrected chi connectivity index (χ0v) is 8.45. The standard InChI is InChI=1S/C10H9ClN2O/c1-2-7-5-3-4-6-8(7)9-12-13-10(11)14-9/h3-6H,2H2,1H3. The average Bonchev–Trinajstić information content (AvgIpc) is 2.65. The van der Waals surface area contributed by atoms with E-state index in [0.717, 1.165) is 12.0 Å². The summed E-state index contributed by atoms with van der Waals surface area (Å²) in [5, 5.41) is 7.54. The quantitative estimate of drug-likeness (QED) is 0.762. The minimum Gasteiger partial charge on any atom is -0.407 e. The predicted molar refractivity (Wildman–Crippen MR) is 54.1 cm³/mol. The Balaban J connectivity index is 2.50. The lowest BCUT2D eigenvalue weighted by molar-refractivity contribution is 0.570. The molecule has 0 radical (unpaired) electrons. The molecule has 14 heavy (non-hydrogen) atoms. The Kier molecular flexibility index (Phi) is 2.50. The summed E-state index contributed by atoms with van der Waals surface area (Å²) in [5.41, 5.74) is 2.13. The third-order valence-electron chi connectivity index (χ3n) is 2.03. The van der Waals surface area contributed by atoms with Crippen LogP contribution in [0.3, 0.4) is 0 Å². The lowest BCUT2D eigenvalue weighted by Gasteiger charge is -2.01. The molecule has 0 atom stereocenters. The fraction of sp³-hybridized carbons (Fsp3) is 0.200. The molecule has 1 heterocycles. The number of benzene rings is 1. The first-order valence-electron chi connectivity index (χ1n) is 4.38. The van der Waals surface area contributed by atoms with Crippen LogP contribution < -0.4 is 0 Å². The number of aryl methyl sites for hydroxylation is 1. The Morgan fingerprint density at radius 2 is 2.07 bits per heavy atom. The molecule has 3 nitrogen and oxygen atoms in total. The van der Waals surface area contributed by atoms with Gasteiger partial charge in [0.2, 0.25) is 5.89 Å². The van der Waals surface area contributed by atoms with Gasteiger partial charge in [0.05, 0.1) is 0 Å². The van der Waals surface area contributed by atoms with Crippen LogP contribution in [0.1, 0.15) is 12.5 Å². The Morgan fingerprint density at radius 1 is 1.29 bits per heavy atom. The van der Waals surface area contributed by atoms with Crippen LogP contribution >= 0.6 is 11.6 Å². The van der Waals surface area contributed by atoms with Crippen molar-refractivity contribution in [3.63, 3.8) is 0 Å². The van der Waals surface area contributed by atoms with Gasteiger partial charge in [0.15, 0.2) is 0 Å². The second-order valence-electron chi connectivity index (χ2n) is 2.87. The summed E-state index contributed by atoms with van der Waals surface area (Å²) in [5.74, 6) is 0.479. The van der Waals surface area contributed by atoms with E-state index in [1.54, 1.807) is 0 Å². The molecule has 0 spiro atoms. The van der Waals surface area contributed by atoms with Gasteiger partial charge in [0.1, 0.15) is 0 Å². The SMILES string of the molecule is CCc1ccccc1-c1nnc(Cl)o1. The van der Waals surface area contributed by atoms with Gasteiger partial charge < -0.3 is 4.42 Å². The Labute approximate surface area is 86.7 Å². The third-order valence-corrected chi connectivity index (χ3v) is 2.18. The molecule has 2 rings (SSSR count). The van der Waals surface area contributed by atoms with Crippen molar-refractivity contribution >= 4 is 11.6 Å². The Hall–Kier alpha value is -1.35. The molecule has 0 fully saturated rings. The van der Waals surface area contributed by atoms with Gasteiger partial charge in [-0.1, -0.05) is 30.2 Å². The van der Waals surface area contributed by atoms with Gasteiger partial charge in [-0.15, -0.1) is 5.10 Å². The number of rotatable bonds is 2. The van der Waals surface area contributed by atoms with Crippen molar-refractivity contribution < 1.29 is 4.42 Å². The zero-order chi connectivity index (χ0) is 9.97. The Morgan fingerprint density at radius 3 is 2.71 bits per heavy atom. The fourth-order valence-corrected chi connectivity index (χ4v) is 1.46. The molecule has 0 aliphatic rings. The maximum Gasteiger partial charge on any atom is 0.313 e. The van der Waals surface area contributed by atoms with E-state index < -0.39 is 0 Å². The van der Waals surface area contributed by atoms with Crippen molar-refractivity contribution in [3.8, 4) is 11.5 Å². The summed E-state index contributed by atoms with van der Waals surface area (Å²) in [6.45, 7) is 2.08. The summed E-state index contributed by atoms with van der Waals surface area (Å²) in [6.07, 6.45) is 0.927. The van der Waals surface area contributed by atoms with Gasteiger partial charge in [-0.05, 0) is 29.7 Å².